The monoisotopic (exact) mass is 373 g/mol. The smallest absolute Gasteiger partial charge is 0.321 e. The number of nitrogens with zero attached hydrogens (tertiary/aromatic N) is 3. The second-order valence-corrected chi connectivity index (χ2v) is 7.28. The molecule has 7 nitrogen and oxygen atoms in total. The average molecular weight is 374 g/mol. The largest absolute Gasteiger partial charge is 0.384 e. The van der Waals surface area contributed by atoms with E-state index in [2.05, 4.69) is 26.6 Å². The van der Waals surface area contributed by atoms with Gasteiger partial charge in [-0.2, -0.15) is 0 Å². The van der Waals surface area contributed by atoms with Crippen molar-refractivity contribution in [2.45, 2.75) is 25.8 Å². The molecule has 2 aliphatic heterocycles. The summed E-state index contributed by atoms with van der Waals surface area (Å²) < 4.78 is 5.27. The molecule has 0 spiro atoms. The lowest BCUT2D eigenvalue weighted by Gasteiger charge is -2.22. The highest BCUT2D eigenvalue weighted by Crippen LogP contribution is 2.17. The molecule has 1 atom stereocenters. The molecule has 3 rings (SSSR count). The molecule has 27 heavy (non-hydrogen) atoms. The highest BCUT2D eigenvalue weighted by Gasteiger charge is 2.24. The fraction of sp³-hybridized carbons (Fsp3) is 0.600. The Balaban J connectivity index is 1.52. The van der Waals surface area contributed by atoms with Crippen molar-refractivity contribution in [2.24, 2.45) is 10.9 Å². The van der Waals surface area contributed by atoms with Gasteiger partial charge in [-0.1, -0.05) is 12.1 Å². The summed E-state index contributed by atoms with van der Waals surface area (Å²) in [7, 11) is 3.57. The van der Waals surface area contributed by atoms with Crippen LogP contribution in [0.3, 0.4) is 0 Å². The summed E-state index contributed by atoms with van der Waals surface area (Å²) >= 11 is 0. The summed E-state index contributed by atoms with van der Waals surface area (Å²) in [5.41, 5.74) is 1.95. The van der Waals surface area contributed by atoms with E-state index in [1.807, 2.05) is 30.1 Å². The quantitative estimate of drug-likeness (QED) is 0.614. The lowest BCUT2D eigenvalue weighted by Crippen LogP contribution is -2.39. The van der Waals surface area contributed by atoms with Crippen LogP contribution in [0.2, 0.25) is 0 Å². The van der Waals surface area contributed by atoms with E-state index in [9.17, 15) is 4.79 Å². The van der Waals surface area contributed by atoms with Crippen LogP contribution in [0, 0.1) is 5.92 Å². The van der Waals surface area contributed by atoms with Crippen molar-refractivity contribution < 1.29 is 9.53 Å². The summed E-state index contributed by atoms with van der Waals surface area (Å²) in [6.07, 6.45) is 3.32. The zero-order valence-electron chi connectivity index (χ0n) is 16.4. The SMILES string of the molecule is CN=C(NCc1cccc(NC(=O)N2CCCC2)c1)N1CCC(COC)C1. The zero-order chi connectivity index (χ0) is 19.1. The molecule has 148 valence electrons. The number of nitrogens with one attached hydrogen (secondary N) is 2. The van der Waals surface area contributed by atoms with Crippen LogP contribution in [-0.4, -0.2) is 68.7 Å². The van der Waals surface area contributed by atoms with Gasteiger partial charge in [-0.3, -0.25) is 4.99 Å². The fourth-order valence-corrected chi connectivity index (χ4v) is 3.79. The minimum Gasteiger partial charge on any atom is -0.384 e. The number of carbonyl (C=O) groups is 1. The van der Waals surface area contributed by atoms with E-state index >= 15 is 0 Å². The Morgan fingerprint density at radius 3 is 2.81 bits per heavy atom. The first-order chi connectivity index (χ1) is 13.2. The highest BCUT2D eigenvalue weighted by molar-refractivity contribution is 5.89. The molecule has 0 bridgehead atoms. The number of hydrogen-bond donors (Lipinski definition) is 2. The van der Waals surface area contributed by atoms with Gasteiger partial charge in [0, 0.05) is 58.5 Å². The Hall–Kier alpha value is -2.28. The molecule has 0 radical (unpaired) electrons. The summed E-state index contributed by atoms with van der Waals surface area (Å²) in [5.74, 6) is 1.48. The second kappa shape index (κ2) is 9.60. The molecule has 2 N–H and O–H groups in total. The molecule has 0 saturated carbocycles. The van der Waals surface area contributed by atoms with E-state index in [0.717, 1.165) is 69.3 Å². The number of ether oxygens (including phenoxy) is 1. The third kappa shape index (κ3) is 5.35. The Morgan fingerprint density at radius 2 is 2.07 bits per heavy atom. The van der Waals surface area contributed by atoms with Crippen molar-refractivity contribution in [1.82, 2.24) is 15.1 Å². The molecule has 7 heteroatoms. The van der Waals surface area contributed by atoms with Crippen LogP contribution in [0.15, 0.2) is 29.3 Å². The number of benzene rings is 1. The molecular formula is C20H31N5O2. The molecule has 2 amide bonds. The number of amides is 2. The maximum Gasteiger partial charge on any atom is 0.321 e. The second-order valence-electron chi connectivity index (χ2n) is 7.28. The van der Waals surface area contributed by atoms with Crippen molar-refractivity contribution in [2.75, 3.05) is 52.3 Å². The number of rotatable bonds is 5. The molecule has 0 aromatic heterocycles. The van der Waals surface area contributed by atoms with Crippen LogP contribution in [0.4, 0.5) is 10.5 Å². The van der Waals surface area contributed by atoms with Gasteiger partial charge in [0.1, 0.15) is 0 Å². The van der Waals surface area contributed by atoms with Crippen molar-refractivity contribution in [3.8, 4) is 0 Å². The van der Waals surface area contributed by atoms with E-state index in [1.54, 1.807) is 7.11 Å². The number of carbonyl (C=O) groups excluding carboxylic acids is 1. The lowest BCUT2D eigenvalue weighted by molar-refractivity contribution is 0.157. The van der Waals surface area contributed by atoms with Gasteiger partial charge in [0.25, 0.3) is 0 Å². The number of methoxy groups -OCH3 is 1. The molecule has 2 aliphatic rings. The van der Waals surface area contributed by atoms with Crippen LogP contribution in [0.1, 0.15) is 24.8 Å². The van der Waals surface area contributed by atoms with Gasteiger partial charge in [0.05, 0.1) is 6.61 Å². The molecule has 2 saturated heterocycles. The Morgan fingerprint density at radius 1 is 1.26 bits per heavy atom. The van der Waals surface area contributed by atoms with E-state index < -0.39 is 0 Å². The first kappa shape index (κ1) is 19.5. The van der Waals surface area contributed by atoms with E-state index in [1.165, 1.54) is 0 Å². The van der Waals surface area contributed by atoms with Gasteiger partial charge in [-0.05, 0) is 37.0 Å². The maximum atomic E-state index is 12.3. The third-order valence-electron chi connectivity index (χ3n) is 5.22. The third-order valence-corrected chi connectivity index (χ3v) is 5.22. The molecule has 1 aromatic rings. The number of guanidine groups is 1. The van der Waals surface area contributed by atoms with Crippen LogP contribution < -0.4 is 10.6 Å². The van der Waals surface area contributed by atoms with Crippen molar-refractivity contribution in [1.29, 1.82) is 0 Å². The summed E-state index contributed by atoms with van der Waals surface area (Å²) in [6.45, 7) is 5.14. The number of aliphatic imine (C=N–C) groups is 1. The first-order valence-electron chi connectivity index (χ1n) is 9.79. The number of likely N-dealkylation sites (tertiary alicyclic amines) is 2. The van der Waals surface area contributed by atoms with Gasteiger partial charge >= 0.3 is 6.03 Å². The zero-order valence-corrected chi connectivity index (χ0v) is 16.4. The summed E-state index contributed by atoms with van der Waals surface area (Å²) in [6, 6.07) is 7.98. The molecule has 2 fully saturated rings. The molecule has 0 aliphatic carbocycles. The van der Waals surface area contributed by atoms with Crippen molar-refractivity contribution >= 4 is 17.7 Å². The van der Waals surface area contributed by atoms with Crippen molar-refractivity contribution in [3.05, 3.63) is 29.8 Å². The van der Waals surface area contributed by atoms with E-state index in [-0.39, 0.29) is 6.03 Å². The molecule has 2 heterocycles. The molecule has 1 unspecified atom stereocenters. The maximum absolute atomic E-state index is 12.3. The standard InChI is InChI=1S/C20H31N5O2/c1-21-19(25-11-8-17(14-25)15-27-2)22-13-16-6-5-7-18(12-16)23-20(26)24-9-3-4-10-24/h5-7,12,17H,3-4,8-11,13-15H2,1-2H3,(H,21,22)(H,23,26). The average Bonchev–Trinajstić information content (AvgIpc) is 3.35. The minimum atomic E-state index is -0.00493. The normalized spacial score (nSPS) is 20.2. The van der Waals surface area contributed by atoms with E-state index in [0.29, 0.717) is 12.5 Å². The Kier molecular flexibility index (Phi) is 6.92. The minimum absolute atomic E-state index is 0.00493. The van der Waals surface area contributed by atoms with Gasteiger partial charge in [-0.25, -0.2) is 4.79 Å². The number of anilines is 1. The van der Waals surface area contributed by atoms with Crippen LogP contribution in [0.25, 0.3) is 0 Å². The Bertz CT molecular complexity index is 658. The summed E-state index contributed by atoms with van der Waals surface area (Å²) in [4.78, 5) is 20.8. The van der Waals surface area contributed by atoms with Gasteiger partial charge < -0.3 is 25.2 Å². The fourth-order valence-electron chi connectivity index (χ4n) is 3.79. The lowest BCUT2D eigenvalue weighted by atomic mass is 10.1. The summed E-state index contributed by atoms with van der Waals surface area (Å²) in [5, 5.41) is 6.44. The highest BCUT2D eigenvalue weighted by atomic mass is 16.5. The van der Waals surface area contributed by atoms with Gasteiger partial charge in [0.2, 0.25) is 0 Å². The predicted molar refractivity (Wildman–Crippen MR) is 108 cm³/mol. The van der Waals surface area contributed by atoms with Crippen molar-refractivity contribution in [3.63, 3.8) is 0 Å². The number of urea groups is 1. The van der Waals surface area contributed by atoms with Crippen LogP contribution >= 0.6 is 0 Å². The molecular weight excluding hydrogens is 342 g/mol. The number of hydrogen-bond acceptors (Lipinski definition) is 3. The topological polar surface area (TPSA) is 69.2 Å². The van der Waals surface area contributed by atoms with Gasteiger partial charge in [-0.15, -0.1) is 0 Å². The predicted octanol–water partition coefficient (Wildman–Crippen LogP) is 2.36. The molecule has 1 aromatic carbocycles. The van der Waals surface area contributed by atoms with Crippen LogP contribution in [-0.2, 0) is 11.3 Å². The Labute approximate surface area is 161 Å². The first-order valence-corrected chi connectivity index (χ1v) is 9.79. The van der Waals surface area contributed by atoms with E-state index in [4.69, 9.17) is 4.74 Å². The van der Waals surface area contributed by atoms with Crippen LogP contribution in [0.5, 0.6) is 0 Å². The van der Waals surface area contributed by atoms with Gasteiger partial charge in [0.15, 0.2) is 5.96 Å².